The number of allylic oxidation sites excluding steroid dienone is 2. The number of ether oxygens (including phenoxy) is 1. The van der Waals surface area contributed by atoms with Crippen LogP contribution in [0.25, 0.3) is 0 Å². The fraction of sp³-hybridized carbons (Fsp3) is 0.607. The molecule has 1 aliphatic rings. The van der Waals surface area contributed by atoms with Crippen LogP contribution in [0.1, 0.15) is 83.8 Å². The van der Waals surface area contributed by atoms with Crippen LogP contribution in [0.2, 0.25) is 0 Å². The zero-order valence-electron chi connectivity index (χ0n) is 20.1. The lowest BCUT2D eigenvalue weighted by molar-refractivity contribution is -0.147. The van der Waals surface area contributed by atoms with E-state index in [9.17, 15) is 4.79 Å². The van der Waals surface area contributed by atoms with Crippen molar-refractivity contribution in [2.24, 2.45) is 11.8 Å². The molecule has 0 radical (unpaired) electrons. The molecule has 0 saturated heterocycles. The van der Waals surface area contributed by atoms with Crippen LogP contribution in [0.3, 0.4) is 0 Å². The van der Waals surface area contributed by atoms with Crippen molar-refractivity contribution >= 4 is 17.7 Å². The SMILES string of the molecule is CC#CC[C@H](C)C/C=C/[C@H]1CC[C@H](Sc2c(C)cccc2CCCC(=O)OC(C)C)C1. The second-order valence-electron chi connectivity index (χ2n) is 9.17. The number of benzene rings is 1. The van der Waals surface area contributed by atoms with Crippen molar-refractivity contribution in [3.63, 3.8) is 0 Å². The molecule has 3 heteroatoms. The molecule has 31 heavy (non-hydrogen) atoms. The van der Waals surface area contributed by atoms with Gasteiger partial charge in [-0.15, -0.1) is 23.6 Å². The summed E-state index contributed by atoms with van der Waals surface area (Å²) in [6.07, 6.45) is 13.0. The van der Waals surface area contributed by atoms with Crippen molar-refractivity contribution in [3.05, 3.63) is 41.5 Å². The fourth-order valence-corrected chi connectivity index (χ4v) is 5.61. The van der Waals surface area contributed by atoms with Crippen LogP contribution in [0.15, 0.2) is 35.2 Å². The van der Waals surface area contributed by atoms with E-state index in [1.807, 2.05) is 20.8 Å². The Bertz CT molecular complexity index is 784. The summed E-state index contributed by atoms with van der Waals surface area (Å²) in [6, 6.07) is 6.59. The predicted molar refractivity (Wildman–Crippen MR) is 133 cm³/mol. The summed E-state index contributed by atoms with van der Waals surface area (Å²) in [4.78, 5) is 13.3. The zero-order valence-corrected chi connectivity index (χ0v) is 20.9. The first-order chi connectivity index (χ1) is 14.9. The van der Waals surface area contributed by atoms with Gasteiger partial charge in [-0.25, -0.2) is 0 Å². The third-order valence-electron chi connectivity index (χ3n) is 5.77. The quantitative estimate of drug-likeness (QED) is 0.202. The van der Waals surface area contributed by atoms with Gasteiger partial charge >= 0.3 is 5.97 Å². The number of esters is 1. The van der Waals surface area contributed by atoms with E-state index >= 15 is 0 Å². The van der Waals surface area contributed by atoms with E-state index in [-0.39, 0.29) is 12.1 Å². The van der Waals surface area contributed by atoms with Crippen molar-refractivity contribution in [3.8, 4) is 11.8 Å². The molecule has 0 heterocycles. The first-order valence-corrected chi connectivity index (χ1v) is 12.8. The highest BCUT2D eigenvalue weighted by Gasteiger charge is 2.25. The predicted octanol–water partition coefficient (Wildman–Crippen LogP) is 7.53. The molecule has 0 amide bonds. The van der Waals surface area contributed by atoms with Gasteiger partial charge in [0, 0.05) is 23.0 Å². The first-order valence-electron chi connectivity index (χ1n) is 11.9. The van der Waals surface area contributed by atoms with Crippen molar-refractivity contribution in [1.29, 1.82) is 0 Å². The molecule has 1 fully saturated rings. The Morgan fingerprint density at radius 1 is 1.29 bits per heavy atom. The van der Waals surface area contributed by atoms with Gasteiger partial charge in [0.2, 0.25) is 0 Å². The van der Waals surface area contributed by atoms with E-state index < -0.39 is 0 Å². The Morgan fingerprint density at radius 3 is 2.84 bits per heavy atom. The van der Waals surface area contributed by atoms with Crippen LogP contribution < -0.4 is 0 Å². The maximum absolute atomic E-state index is 11.9. The van der Waals surface area contributed by atoms with Crippen molar-refractivity contribution in [2.75, 3.05) is 0 Å². The van der Waals surface area contributed by atoms with Gasteiger partial charge < -0.3 is 4.74 Å². The van der Waals surface area contributed by atoms with E-state index in [0.717, 1.165) is 25.7 Å². The minimum absolute atomic E-state index is 0.0322. The second kappa shape index (κ2) is 13.7. The lowest BCUT2D eigenvalue weighted by Gasteiger charge is -2.16. The Labute approximate surface area is 194 Å². The topological polar surface area (TPSA) is 26.3 Å². The Morgan fingerprint density at radius 2 is 2.10 bits per heavy atom. The number of carbonyl (C=O) groups excluding carboxylic acids is 1. The van der Waals surface area contributed by atoms with Gasteiger partial charge in [-0.3, -0.25) is 4.79 Å². The summed E-state index contributed by atoms with van der Waals surface area (Å²) in [5.41, 5.74) is 2.74. The highest BCUT2D eigenvalue weighted by atomic mass is 32.2. The number of aryl methyl sites for hydroxylation is 2. The zero-order chi connectivity index (χ0) is 22.6. The number of hydrogen-bond donors (Lipinski definition) is 0. The van der Waals surface area contributed by atoms with E-state index in [1.54, 1.807) is 0 Å². The first kappa shape index (κ1) is 25.6. The maximum Gasteiger partial charge on any atom is 0.306 e. The molecule has 1 aromatic carbocycles. The molecule has 0 aliphatic heterocycles. The Hall–Kier alpha value is -1.66. The molecule has 3 atom stereocenters. The molecule has 170 valence electrons. The molecule has 0 bridgehead atoms. The maximum atomic E-state index is 11.9. The van der Waals surface area contributed by atoms with Crippen LogP contribution >= 0.6 is 11.8 Å². The lowest BCUT2D eigenvalue weighted by atomic mass is 10.0. The highest BCUT2D eigenvalue weighted by Crippen LogP contribution is 2.41. The van der Waals surface area contributed by atoms with Gasteiger partial charge in [0.15, 0.2) is 0 Å². The second-order valence-corrected chi connectivity index (χ2v) is 10.5. The molecule has 0 N–H and O–H groups in total. The molecule has 0 spiro atoms. The Kier molecular flexibility index (Phi) is 11.3. The van der Waals surface area contributed by atoms with E-state index in [4.69, 9.17) is 4.74 Å². The van der Waals surface area contributed by atoms with E-state index in [1.165, 1.54) is 35.3 Å². The monoisotopic (exact) mass is 440 g/mol. The molecule has 1 saturated carbocycles. The minimum Gasteiger partial charge on any atom is -0.463 e. The van der Waals surface area contributed by atoms with Crippen LogP contribution in [0, 0.1) is 30.6 Å². The summed E-state index contributed by atoms with van der Waals surface area (Å²) in [5, 5.41) is 0.684. The Balaban J connectivity index is 1.85. The van der Waals surface area contributed by atoms with E-state index in [0.29, 0.717) is 23.5 Å². The van der Waals surface area contributed by atoms with Crippen LogP contribution in [0.5, 0.6) is 0 Å². The molecule has 2 nitrogen and oxygen atoms in total. The summed E-state index contributed by atoms with van der Waals surface area (Å²) < 4.78 is 5.27. The number of rotatable bonds is 11. The minimum atomic E-state index is -0.0849. The van der Waals surface area contributed by atoms with Gasteiger partial charge in [0.25, 0.3) is 0 Å². The van der Waals surface area contributed by atoms with Gasteiger partial charge in [-0.2, -0.15) is 0 Å². The van der Waals surface area contributed by atoms with Crippen molar-refractivity contribution in [1.82, 2.24) is 0 Å². The van der Waals surface area contributed by atoms with Gasteiger partial charge in [-0.05, 0) is 89.2 Å². The van der Waals surface area contributed by atoms with Gasteiger partial charge in [0.1, 0.15) is 0 Å². The van der Waals surface area contributed by atoms with Gasteiger partial charge in [0.05, 0.1) is 6.10 Å². The molecule has 0 aromatic heterocycles. The molecule has 1 aliphatic carbocycles. The van der Waals surface area contributed by atoms with Crippen molar-refractivity contribution in [2.45, 2.75) is 102 Å². The number of hydrogen-bond acceptors (Lipinski definition) is 3. The lowest BCUT2D eigenvalue weighted by Crippen LogP contribution is -2.11. The van der Waals surface area contributed by atoms with Crippen LogP contribution in [0.4, 0.5) is 0 Å². The number of thioether (sulfide) groups is 1. The molecule has 2 rings (SSSR count). The summed E-state index contributed by atoms with van der Waals surface area (Å²) in [7, 11) is 0. The molecular weight excluding hydrogens is 400 g/mol. The van der Waals surface area contributed by atoms with Crippen LogP contribution in [-0.2, 0) is 16.0 Å². The average Bonchev–Trinajstić information content (AvgIpc) is 3.15. The standard InChI is InChI=1S/C28H40O2S/c1-6-7-11-22(4)12-8-14-24-18-19-26(20-24)31-28-23(5)13-9-15-25(28)16-10-17-27(29)30-21(2)3/h8-9,13-15,21-22,24,26H,10-12,16-20H2,1-5H3/b14-8+/t22-,24-,26-/m0/s1. The normalized spacial score (nSPS) is 19.4. The molecule has 0 unspecified atom stereocenters. The molecular formula is C28H40O2S. The van der Waals surface area contributed by atoms with Crippen molar-refractivity contribution < 1.29 is 9.53 Å². The summed E-state index contributed by atoms with van der Waals surface area (Å²) in [5.74, 6) is 7.45. The largest absolute Gasteiger partial charge is 0.463 e. The third kappa shape index (κ3) is 9.56. The summed E-state index contributed by atoms with van der Waals surface area (Å²) >= 11 is 2.06. The van der Waals surface area contributed by atoms with Gasteiger partial charge in [-0.1, -0.05) is 37.3 Å². The smallest absolute Gasteiger partial charge is 0.306 e. The third-order valence-corrected chi connectivity index (χ3v) is 7.35. The fourth-order valence-electron chi connectivity index (χ4n) is 4.11. The molecule has 1 aromatic rings. The van der Waals surface area contributed by atoms with Crippen LogP contribution in [-0.4, -0.2) is 17.3 Å². The summed E-state index contributed by atoms with van der Waals surface area (Å²) in [6.45, 7) is 10.2. The van der Waals surface area contributed by atoms with E-state index in [2.05, 4.69) is 67.8 Å². The average molecular weight is 441 g/mol. The number of carbonyl (C=O) groups is 1. The highest BCUT2D eigenvalue weighted by molar-refractivity contribution is 8.00.